The molecule has 0 rings (SSSR count). The van der Waals surface area contributed by atoms with Crippen molar-refractivity contribution in [3.8, 4) is 0 Å². The van der Waals surface area contributed by atoms with Crippen LogP contribution < -0.4 is 16.0 Å². The van der Waals surface area contributed by atoms with Gasteiger partial charge in [-0.3, -0.25) is 9.59 Å². The van der Waals surface area contributed by atoms with E-state index in [2.05, 4.69) is 20.7 Å². The minimum atomic E-state index is -4.19. The number of alkyl carbamates (subject to hydrolysis) is 1. The zero-order valence-electron chi connectivity index (χ0n) is 20.3. The van der Waals surface area contributed by atoms with E-state index in [0.29, 0.717) is 6.42 Å². The van der Waals surface area contributed by atoms with Gasteiger partial charge >= 0.3 is 18.0 Å². The van der Waals surface area contributed by atoms with Crippen molar-refractivity contribution >= 4 is 23.9 Å². The van der Waals surface area contributed by atoms with Crippen LogP contribution in [0.15, 0.2) is 0 Å². The first-order valence-corrected chi connectivity index (χ1v) is 10.7. The van der Waals surface area contributed by atoms with Crippen LogP contribution in [0.5, 0.6) is 0 Å². The fourth-order valence-electron chi connectivity index (χ4n) is 2.84. The van der Waals surface area contributed by atoms with Crippen molar-refractivity contribution < 1.29 is 42.5 Å². The lowest BCUT2D eigenvalue weighted by molar-refractivity contribution is -0.168. The van der Waals surface area contributed by atoms with Crippen molar-refractivity contribution in [2.75, 3.05) is 13.7 Å². The number of methoxy groups -OCH3 is 1. The van der Waals surface area contributed by atoms with Gasteiger partial charge in [0.05, 0.1) is 13.2 Å². The third-order valence-electron chi connectivity index (χ3n) is 4.48. The normalized spacial score (nSPS) is 14.6. The lowest BCUT2D eigenvalue weighted by Gasteiger charge is -2.32. The van der Waals surface area contributed by atoms with Gasteiger partial charge in [0.2, 0.25) is 5.91 Å². The first-order valence-electron chi connectivity index (χ1n) is 10.7. The molecular formula is C21H37F2N3O7. The number of nitrogens with one attached hydrogen (secondary N) is 3. The van der Waals surface area contributed by atoms with Gasteiger partial charge < -0.3 is 30.5 Å². The van der Waals surface area contributed by atoms with Crippen LogP contribution >= 0.6 is 0 Å². The summed E-state index contributed by atoms with van der Waals surface area (Å²) in [5.41, 5.74) is -0.872. The molecule has 0 aliphatic heterocycles. The van der Waals surface area contributed by atoms with Crippen LogP contribution in [0, 0.1) is 5.92 Å². The van der Waals surface area contributed by atoms with Crippen LogP contribution in [-0.4, -0.2) is 72.3 Å². The van der Waals surface area contributed by atoms with E-state index in [1.807, 2.05) is 0 Å². The van der Waals surface area contributed by atoms with E-state index in [4.69, 9.17) is 4.74 Å². The molecular weight excluding hydrogens is 444 g/mol. The Balaban J connectivity index is 4.85. The van der Waals surface area contributed by atoms with Gasteiger partial charge in [0.1, 0.15) is 17.7 Å². The highest BCUT2D eigenvalue weighted by molar-refractivity contribution is 5.84. The summed E-state index contributed by atoms with van der Waals surface area (Å²) in [5.74, 6) is -7.57. The number of halogens is 2. The number of hydrogen-bond donors (Lipinski definition) is 4. The zero-order chi connectivity index (χ0) is 26.0. The number of aliphatic hydroxyl groups is 1. The molecule has 3 atom stereocenters. The molecule has 3 amide bonds. The monoisotopic (exact) mass is 481 g/mol. The Bertz CT molecular complexity index is 681. The maximum Gasteiger partial charge on any atom is 0.407 e. The van der Waals surface area contributed by atoms with Gasteiger partial charge in [0.25, 0.3) is 5.91 Å². The molecule has 0 saturated carbocycles. The van der Waals surface area contributed by atoms with E-state index >= 15 is 0 Å². The fourth-order valence-corrected chi connectivity index (χ4v) is 2.84. The maximum atomic E-state index is 14.6. The molecule has 0 bridgehead atoms. The predicted molar refractivity (Wildman–Crippen MR) is 115 cm³/mol. The minimum Gasteiger partial charge on any atom is -0.467 e. The third kappa shape index (κ3) is 11.3. The number of alkyl halides is 2. The molecule has 0 aliphatic carbocycles. The second-order valence-corrected chi connectivity index (χ2v) is 9.01. The molecule has 0 saturated heterocycles. The number of unbranched alkanes of at least 4 members (excludes halogenated alkanes) is 1. The van der Waals surface area contributed by atoms with Crippen LogP contribution in [0.3, 0.4) is 0 Å². The number of hydrogen-bond acceptors (Lipinski definition) is 7. The van der Waals surface area contributed by atoms with Gasteiger partial charge in [-0.05, 0) is 46.0 Å². The number of amides is 3. The molecule has 0 fully saturated rings. The predicted octanol–water partition coefficient (Wildman–Crippen LogP) is 1.50. The first kappa shape index (κ1) is 30.5. The Morgan fingerprint density at radius 1 is 1.03 bits per heavy atom. The molecule has 192 valence electrons. The molecule has 0 aromatic carbocycles. The van der Waals surface area contributed by atoms with Crippen molar-refractivity contribution in [3.63, 3.8) is 0 Å². The standard InChI is InChI=1S/C21H37F2N3O7/c1-12(2)15(26-19(31)33-20(4,5)6)16(28)21(22,23)18(30)24-11-9-8-10-14(17(29)32-7)25-13(3)27/h12,14-16,28H,8-11H2,1-7H3,(H,24,30)(H,25,27)(H,26,31)/t14-,15-,16?/m0/s1. The summed E-state index contributed by atoms with van der Waals surface area (Å²) in [6.07, 6.45) is -2.74. The van der Waals surface area contributed by atoms with Crippen LogP contribution in [0.2, 0.25) is 0 Å². The van der Waals surface area contributed by atoms with Crippen molar-refractivity contribution in [2.45, 2.75) is 90.5 Å². The first-order chi connectivity index (χ1) is 15.0. The molecule has 33 heavy (non-hydrogen) atoms. The summed E-state index contributed by atoms with van der Waals surface area (Å²) in [4.78, 5) is 46.8. The Morgan fingerprint density at radius 2 is 1.61 bits per heavy atom. The van der Waals surface area contributed by atoms with Gasteiger partial charge in [0, 0.05) is 13.5 Å². The molecule has 0 aromatic rings. The van der Waals surface area contributed by atoms with Gasteiger partial charge in [0.15, 0.2) is 0 Å². The third-order valence-corrected chi connectivity index (χ3v) is 4.48. The molecule has 10 nitrogen and oxygen atoms in total. The highest BCUT2D eigenvalue weighted by Gasteiger charge is 2.51. The zero-order valence-corrected chi connectivity index (χ0v) is 20.3. The Hall–Kier alpha value is -2.50. The highest BCUT2D eigenvalue weighted by Crippen LogP contribution is 2.25. The van der Waals surface area contributed by atoms with Crippen LogP contribution in [0.25, 0.3) is 0 Å². The average Bonchev–Trinajstić information content (AvgIpc) is 2.67. The number of aliphatic hydroxyl groups excluding tert-OH is 1. The Kier molecular flexibility index (Phi) is 12.3. The summed E-state index contributed by atoms with van der Waals surface area (Å²) in [6.45, 7) is 8.89. The van der Waals surface area contributed by atoms with Crippen LogP contribution in [0.4, 0.5) is 13.6 Å². The Labute approximate surface area is 193 Å². The summed E-state index contributed by atoms with van der Waals surface area (Å²) < 4.78 is 38.8. The smallest absolute Gasteiger partial charge is 0.407 e. The van der Waals surface area contributed by atoms with Gasteiger partial charge in [-0.1, -0.05) is 13.8 Å². The molecule has 0 aliphatic rings. The quantitative estimate of drug-likeness (QED) is 0.244. The molecule has 12 heteroatoms. The average molecular weight is 482 g/mol. The Morgan fingerprint density at radius 3 is 2.06 bits per heavy atom. The summed E-state index contributed by atoms with van der Waals surface area (Å²) in [5, 5.41) is 16.9. The molecule has 4 N–H and O–H groups in total. The van der Waals surface area contributed by atoms with E-state index in [1.54, 1.807) is 20.8 Å². The largest absolute Gasteiger partial charge is 0.467 e. The SMILES string of the molecule is COC(=O)[C@H](CCCCNC(=O)C(F)(F)C(O)[C@@H](NC(=O)OC(C)(C)C)C(C)C)NC(C)=O. The number of rotatable bonds is 12. The van der Waals surface area contributed by atoms with Crippen LogP contribution in [-0.2, 0) is 23.9 Å². The van der Waals surface area contributed by atoms with E-state index in [0.717, 1.165) is 0 Å². The lowest BCUT2D eigenvalue weighted by atomic mass is 9.94. The molecule has 1 unspecified atom stereocenters. The summed E-state index contributed by atoms with van der Waals surface area (Å²) >= 11 is 0. The summed E-state index contributed by atoms with van der Waals surface area (Å²) in [7, 11) is 1.17. The van der Waals surface area contributed by atoms with Gasteiger partial charge in [-0.15, -0.1) is 0 Å². The van der Waals surface area contributed by atoms with Crippen LogP contribution in [0.1, 0.15) is 60.8 Å². The van der Waals surface area contributed by atoms with E-state index in [9.17, 15) is 33.1 Å². The topological polar surface area (TPSA) is 143 Å². The maximum absolute atomic E-state index is 14.6. The highest BCUT2D eigenvalue weighted by atomic mass is 19.3. The molecule has 0 heterocycles. The second kappa shape index (κ2) is 13.3. The van der Waals surface area contributed by atoms with Crippen molar-refractivity contribution in [1.29, 1.82) is 0 Å². The lowest BCUT2D eigenvalue weighted by Crippen LogP contribution is -2.59. The fraction of sp³-hybridized carbons (Fsp3) is 0.810. The van der Waals surface area contributed by atoms with Gasteiger partial charge in [-0.25, -0.2) is 9.59 Å². The van der Waals surface area contributed by atoms with E-state index in [-0.39, 0.29) is 19.4 Å². The molecule has 0 spiro atoms. The number of carbonyl (C=O) groups is 4. The molecule has 0 aromatic heterocycles. The van der Waals surface area contributed by atoms with E-state index < -0.39 is 59.5 Å². The van der Waals surface area contributed by atoms with Crippen molar-refractivity contribution in [1.82, 2.24) is 16.0 Å². The number of esters is 1. The van der Waals surface area contributed by atoms with E-state index in [1.165, 1.54) is 27.9 Å². The van der Waals surface area contributed by atoms with Crippen molar-refractivity contribution in [3.05, 3.63) is 0 Å². The van der Waals surface area contributed by atoms with Crippen molar-refractivity contribution in [2.24, 2.45) is 5.92 Å². The summed E-state index contributed by atoms with van der Waals surface area (Å²) in [6, 6.07) is -2.32. The second-order valence-electron chi connectivity index (χ2n) is 9.01. The van der Waals surface area contributed by atoms with Gasteiger partial charge in [-0.2, -0.15) is 8.78 Å². The molecule has 0 radical (unpaired) electrons. The number of ether oxygens (including phenoxy) is 2. The minimum absolute atomic E-state index is 0.152. The number of carbonyl (C=O) groups excluding carboxylic acids is 4.